The molecule has 0 amide bonds. The van der Waals surface area contributed by atoms with Crippen molar-refractivity contribution in [1.82, 2.24) is 4.57 Å². The van der Waals surface area contributed by atoms with E-state index in [2.05, 4.69) is 13.0 Å². The predicted molar refractivity (Wildman–Crippen MR) is 98.7 cm³/mol. The van der Waals surface area contributed by atoms with Crippen LogP contribution < -0.4 is 16.0 Å². The highest BCUT2D eigenvalue weighted by atomic mass is 16.5. The van der Waals surface area contributed by atoms with Crippen LogP contribution in [0.2, 0.25) is 0 Å². The molecule has 0 aliphatic rings. The van der Waals surface area contributed by atoms with Gasteiger partial charge in [0.25, 0.3) is 5.56 Å². The minimum absolute atomic E-state index is 0.0206. The van der Waals surface area contributed by atoms with Gasteiger partial charge in [-0.3, -0.25) is 4.79 Å². The molecule has 0 spiro atoms. The Balaban J connectivity index is 1.74. The molecule has 3 rings (SSSR count). The fraction of sp³-hybridized carbons (Fsp3) is 0.250. The van der Waals surface area contributed by atoms with E-state index in [9.17, 15) is 4.79 Å². The van der Waals surface area contributed by atoms with Crippen LogP contribution in [-0.2, 0) is 13.0 Å². The zero-order chi connectivity index (χ0) is 17.1. The summed E-state index contributed by atoms with van der Waals surface area (Å²) in [5.74, 6) is 0.767. The van der Waals surface area contributed by atoms with Crippen molar-refractivity contribution in [3.8, 4) is 5.75 Å². The molecule has 0 radical (unpaired) electrons. The summed E-state index contributed by atoms with van der Waals surface area (Å²) >= 11 is 0. The molecule has 0 fully saturated rings. The third kappa shape index (κ3) is 3.27. The molecule has 1 aromatic heterocycles. The molecular weight excluding hydrogens is 300 g/mol. The average Bonchev–Trinajstić information content (AvgIpc) is 2.59. The first-order valence-corrected chi connectivity index (χ1v) is 8.19. The molecule has 1 heterocycles. The number of nitrogen functional groups attached to an aromatic ring is 1. The fourth-order valence-electron chi connectivity index (χ4n) is 2.73. The van der Waals surface area contributed by atoms with E-state index < -0.39 is 0 Å². The molecule has 0 aliphatic heterocycles. The maximum Gasteiger partial charge on any atom is 0.258 e. The summed E-state index contributed by atoms with van der Waals surface area (Å²) in [4.78, 5) is 12.6. The van der Waals surface area contributed by atoms with Crippen LogP contribution in [0.4, 0.5) is 5.69 Å². The highest BCUT2D eigenvalue weighted by Gasteiger charge is 2.04. The smallest absolute Gasteiger partial charge is 0.258 e. The zero-order valence-electron chi connectivity index (χ0n) is 14.1. The van der Waals surface area contributed by atoms with Gasteiger partial charge in [0, 0.05) is 17.3 Å². The van der Waals surface area contributed by atoms with Gasteiger partial charge < -0.3 is 15.0 Å². The van der Waals surface area contributed by atoms with Gasteiger partial charge in [0.2, 0.25) is 0 Å². The van der Waals surface area contributed by atoms with Gasteiger partial charge in [0.15, 0.2) is 0 Å². The number of hydrogen-bond donors (Lipinski definition) is 1. The number of ether oxygens (including phenoxy) is 1. The molecular formula is C20H22N2O2. The second-order valence-corrected chi connectivity index (χ2v) is 5.96. The average molecular weight is 322 g/mol. The standard InChI is InChI=1S/C20H22N2O2/c1-3-15-4-6-18-16(13-15)8-9-22(20(18)23)10-11-24-17-5-7-19(21)14(2)12-17/h4-9,12-13H,3,10-11,21H2,1-2H3. The van der Waals surface area contributed by atoms with E-state index in [-0.39, 0.29) is 5.56 Å². The van der Waals surface area contributed by atoms with Crippen LogP contribution in [-0.4, -0.2) is 11.2 Å². The molecule has 24 heavy (non-hydrogen) atoms. The van der Waals surface area contributed by atoms with E-state index >= 15 is 0 Å². The molecule has 124 valence electrons. The van der Waals surface area contributed by atoms with Gasteiger partial charge in [-0.15, -0.1) is 0 Å². The highest BCUT2D eigenvalue weighted by molar-refractivity contribution is 5.82. The monoisotopic (exact) mass is 322 g/mol. The third-order valence-electron chi connectivity index (χ3n) is 4.29. The first-order chi connectivity index (χ1) is 11.6. The Labute approximate surface area is 141 Å². The maximum atomic E-state index is 12.6. The van der Waals surface area contributed by atoms with Gasteiger partial charge in [-0.1, -0.05) is 19.1 Å². The van der Waals surface area contributed by atoms with E-state index in [0.29, 0.717) is 13.2 Å². The Morgan fingerprint density at radius 1 is 1.12 bits per heavy atom. The number of hydrogen-bond acceptors (Lipinski definition) is 3. The lowest BCUT2D eigenvalue weighted by Gasteiger charge is -2.11. The molecule has 0 saturated heterocycles. The molecule has 3 aromatic rings. The molecule has 0 bridgehead atoms. The Morgan fingerprint density at radius 2 is 1.96 bits per heavy atom. The topological polar surface area (TPSA) is 57.2 Å². The number of aromatic nitrogens is 1. The van der Waals surface area contributed by atoms with Crippen molar-refractivity contribution in [3.63, 3.8) is 0 Å². The minimum Gasteiger partial charge on any atom is -0.492 e. The summed E-state index contributed by atoms with van der Waals surface area (Å²) < 4.78 is 7.43. The van der Waals surface area contributed by atoms with Crippen LogP contribution in [0.15, 0.2) is 53.5 Å². The molecule has 2 aromatic carbocycles. The summed E-state index contributed by atoms with van der Waals surface area (Å²) in [6.45, 7) is 4.99. The number of nitrogens with zero attached hydrogens (tertiary/aromatic N) is 1. The quantitative estimate of drug-likeness (QED) is 0.731. The van der Waals surface area contributed by atoms with Crippen molar-refractivity contribution in [2.75, 3.05) is 12.3 Å². The molecule has 0 saturated carbocycles. The normalized spacial score (nSPS) is 10.9. The summed E-state index contributed by atoms with van der Waals surface area (Å²) in [5, 5.41) is 1.74. The van der Waals surface area contributed by atoms with Gasteiger partial charge in [-0.2, -0.15) is 0 Å². The summed E-state index contributed by atoms with van der Waals surface area (Å²) in [5.41, 5.74) is 8.80. The van der Waals surface area contributed by atoms with E-state index in [0.717, 1.165) is 34.2 Å². The van der Waals surface area contributed by atoms with E-state index in [4.69, 9.17) is 10.5 Å². The van der Waals surface area contributed by atoms with E-state index in [1.165, 1.54) is 5.56 Å². The van der Waals surface area contributed by atoms with Crippen LogP contribution in [0.1, 0.15) is 18.1 Å². The van der Waals surface area contributed by atoms with E-state index in [1.54, 1.807) is 4.57 Å². The minimum atomic E-state index is 0.0206. The second kappa shape index (κ2) is 6.79. The predicted octanol–water partition coefficient (Wildman–Crippen LogP) is 3.53. The fourth-order valence-corrected chi connectivity index (χ4v) is 2.73. The number of nitrogens with two attached hydrogens (primary N) is 1. The number of fused-ring (bicyclic) bond motifs is 1. The third-order valence-corrected chi connectivity index (χ3v) is 4.29. The van der Waals surface area contributed by atoms with E-state index in [1.807, 2.05) is 49.5 Å². The molecule has 0 atom stereocenters. The van der Waals surface area contributed by atoms with Crippen molar-refractivity contribution in [3.05, 3.63) is 70.1 Å². The molecule has 0 aliphatic carbocycles. The zero-order valence-corrected chi connectivity index (χ0v) is 14.1. The van der Waals surface area contributed by atoms with Crippen LogP contribution in [0.25, 0.3) is 10.8 Å². The largest absolute Gasteiger partial charge is 0.492 e. The van der Waals surface area contributed by atoms with Crippen molar-refractivity contribution >= 4 is 16.5 Å². The molecule has 0 unspecified atom stereocenters. The van der Waals surface area contributed by atoms with Crippen LogP contribution in [0.3, 0.4) is 0 Å². The lowest BCUT2D eigenvalue weighted by atomic mass is 10.1. The molecule has 4 nitrogen and oxygen atoms in total. The number of aryl methyl sites for hydroxylation is 2. The lowest BCUT2D eigenvalue weighted by molar-refractivity contribution is 0.296. The van der Waals surface area contributed by atoms with Gasteiger partial charge in [-0.25, -0.2) is 0 Å². The Bertz CT molecular complexity index is 929. The van der Waals surface area contributed by atoms with Gasteiger partial charge in [-0.05, 0) is 60.2 Å². The molecule has 4 heteroatoms. The summed E-state index contributed by atoms with van der Waals surface area (Å²) in [6, 6.07) is 13.6. The van der Waals surface area contributed by atoms with Crippen LogP contribution in [0, 0.1) is 6.92 Å². The van der Waals surface area contributed by atoms with Gasteiger partial charge >= 0.3 is 0 Å². The van der Waals surface area contributed by atoms with Crippen molar-refractivity contribution < 1.29 is 4.74 Å². The first kappa shape index (κ1) is 16.1. The first-order valence-electron chi connectivity index (χ1n) is 8.19. The summed E-state index contributed by atoms with van der Waals surface area (Å²) in [6.07, 6.45) is 2.80. The van der Waals surface area contributed by atoms with Crippen molar-refractivity contribution in [2.45, 2.75) is 26.8 Å². The van der Waals surface area contributed by atoms with Crippen molar-refractivity contribution in [1.29, 1.82) is 0 Å². The summed E-state index contributed by atoms with van der Waals surface area (Å²) in [7, 11) is 0. The number of rotatable bonds is 5. The highest BCUT2D eigenvalue weighted by Crippen LogP contribution is 2.18. The maximum absolute atomic E-state index is 12.6. The Kier molecular flexibility index (Phi) is 4.56. The Morgan fingerprint density at radius 3 is 2.71 bits per heavy atom. The van der Waals surface area contributed by atoms with Crippen LogP contribution >= 0.6 is 0 Å². The van der Waals surface area contributed by atoms with Gasteiger partial charge in [0.05, 0.1) is 6.54 Å². The second-order valence-electron chi connectivity index (χ2n) is 5.96. The van der Waals surface area contributed by atoms with Crippen molar-refractivity contribution in [2.24, 2.45) is 0 Å². The van der Waals surface area contributed by atoms with Gasteiger partial charge in [0.1, 0.15) is 12.4 Å². The lowest BCUT2D eigenvalue weighted by Crippen LogP contribution is -2.22. The Hall–Kier alpha value is -2.75. The number of pyridine rings is 1. The molecule has 2 N–H and O–H groups in total. The van der Waals surface area contributed by atoms with Crippen LogP contribution in [0.5, 0.6) is 5.75 Å². The number of benzene rings is 2. The SMILES string of the molecule is CCc1ccc2c(=O)n(CCOc3ccc(N)c(C)c3)ccc2c1. The number of anilines is 1.